The Labute approximate surface area is 122 Å². The van der Waals surface area contributed by atoms with E-state index in [-0.39, 0.29) is 18.4 Å². The smallest absolute Gasteiger partial charge is 0.282 e. The fraction of sp³-hybridized carbons (Fsp3) is 1.00. The predicted molar refractivity (Wildman–Crippen MR) is 77.7 cm³/mol. The molecule has 2 bridgehead atoms. The van der Waals surface area contributed by atoms with Crippen molar-refractivity contribution in [3.05, 3.63) is 0 Å². The van der Waals surface area contributed by atoms with Crippen molar-refractivity contribution >= 4 is 22.6 Å². The van der Waals surface area contributed by atoms with Crippen LogP contribution in [0.5, 0.6) is 0 Å². The van der Waals surface area contributed by atoms with Crippen molar-refractivity contribution in [2.75, 3.05) is 26.7 Å². The normalized spacial score (nSPS) is 36.4. The van der Waals surface area contributed by atoms with Gasteiger partial charge in [0.25, 0.3) is 10.2 Å². The molecule has 1 aliphatic carbocycles. The summed E-state index contributed by atoms with van der Waals surface area (Å²) >= 11 is 0. The standard InChI is InChI=1S/C12H23N3O2S.ClH/c1-13-11-3-2-6-14(9-11)18(16,17)15-8-10-4-5-12(15)7-10;/h10-13H,2-9H2,1H3;1H. The molecule has 2 aliphatic heterocycles. The summed E-state index contributed by atoms with van der Waals surface area (Å²) in [5.74, 6) is 0.620. The minimum Gasteiger partial charge on any atom is -0.316 e. The van der Waals surface area contributed by atoms with Crippen LogP contribution in [0.25, 0.3) is 0 Å². The van der Waals surface area contributed by atoms with Gasteiger partial charge in [0.15, 0.2) is 0 Å². The van der Waals surface area contributed by atoms with Crippen LogP contribution < -0.4 is 5.32 Å². The van der Waals surface area contributed by atoms with Crippen LogP contribution in [-0.4, -0.2) is 55.8 Å². The maximum absolute atomic E-state index is 12.7. The molecule has 3 rings (SSSR count). The number of hydrogen-bond donors (Lipinski definition) is 1. The Morgan fingerprint density at radius 2 is 1.95 bits per heavy atom. The molecule has 7 heteroatoms. The number of rotatable bonds is 3. The zero-order valence-corrected chi connectivity index (χ0v) is 13.0. The van der Waals surface area contributed by atoms with Crippen molar-refractivity contribution in [3.63, 3.8) is 0 Å². The monoisotopic (exact) mass is 309 g/mol. The second-order valence-electron chi connectivity index (χ2n) is 5.90. The highest BCUT2D eigenvalue weighted by atomic mass is 35.5. The molecule has 0 amide bonds. The van der Waals surface area contributed by atoms with Gasteiger partial charge >= 0.3 is 0 Å². The largest absolute Gasteiger partial charge is 0.316 e. The molecule has 3 unspecified atom stereocenters. The average molecular weight is 310 g/mol. The van der Waals surface area contributed by atoms with Gasteiger partial charge in [-0.25, -0.2) is 0 Å². The summed E-state index contributed by atoms with van der Waals surface area (Å²) in [5.41, 5.74) is 0. The third kappa shape index (κ3) is 2.78. The molecule has 2 heterocycles. The van der Waals surface area contributed by atoms with E-state index < -0.39 is 10.2 Å². The molecule has 0 spiro atoms. The number of fused-ring (bicyclic) bond motifs is 2. The van der Waals surface area contributed by atoms with Crippen molar-refractivity contribution in [1.29, 1.82) is 0 Å². The van der Waals surface area contributed by atoms with Gasteiger partial charge in [-0.05, 0) is 45.1 Å². The molecule has 3 atom stereocenters. The van der Waals surface area contributed by atoms with E-state index >= 15 is 0 Å². The van der Waals surface area contributed by atoms with E-state index in [0.29, 0.717) is 25.0 Å². The summed E-state index contributed by atoms with van der Waals surface area (Å²) in [4.78, 5) is 0. The van der Waals surface area contributed by atoms with Crippen LogP contribution in [-0.2, 0) is 10.2 Å². The van der Waals surface area contributed by atoms with Gasteiger partial charge in [0.2, 0.25) is 0 Å². The molecular formula is C12H24ClN3O2S. The summed E-state index contributed by atoms with van der Waals surface area (Å²) in [6, 6.07) is 0.600. The van der Waals surface area contributed by atoms with Crippen LogP contribution in [0.3, 0.4) is 0 Å². The molecule has 3 aliphatic rings. The van der Waals surface area contributed by atoms with E-state index in [9.17, 15) is 8.42 Å². The fourth-order valence-electron chi connectivity index (χ4n) is 3.70. The first-order chi connectivity index (χ1) is 8.61. The lowest BCUT2D eigenvalue weighted by Gasteiger charge is -2.36. The van der Waals surface area contributed by atoms with Crippen molar-refractivity contribution in [2.24, 2.45) is 5.92 Å². The Morgan fingerprint density at radius 1 is 1.16 bits per heavy atom. The van der Waals surface area contributed by atoms with E-state index in [0.717, 1.165) is 32.2 Å². The van der Waals surface area contributed by atoms with Gasteiger partial charge in [-0.3, -0.25) is 0 Å². The zero-order chi connectivity index (χ0) is 12.8. The molecular weight excluding hydrogens is 286 g/mol. The first-order valence-corrected chi connectivity index (χ1v) is 8.45. The Bertz CT molecular complexity index is 417. The van der Waals surface area contributed by atoms with Gasteiger partial charge in [-0.2, -0.15) is 17.0 Å². The van der Waals surface area contributed by atoms with Crippen LogP contribution in [0.1, 0.15) is 32.1 Å². The highest BCUT2D eigenvalue weighted by Crippen LogP contribution is 2.39. The van der Waals surface area contributed by atoms with Gasteiger partial charge in [-0.15, -0.1) is 12.4 Å². The molecule has 0 aromatic carbocycles. The zero-order valence-electron chi connectivity index (χ0n) is 11.4. The molecule has 1 saturated carbocycles. The SMILES string of the molecule is CNC1CCCN(S(=O)(=O)N2CC3CCC2C3)C1.Cl. The Hall–Kier alpha value is 0.120. The summed E-state index contributed by atoms with van der Waals surface area (Å²) in [5, 5.41) is 3.21. The van der Waals surface area contributed by atoms with Crippen molar-refractivity contribution in [2.45, 2.75) is 44.2 Å². The van der Waals surface area contributed by atoms with Gasteiger partial charge in [-0.1, -0.05) is 0 Å². The molecule has 0 radical (unpaired) electrons. The number of piperidine rings is 2. The minimum absolute atomic E-state index is 0. The van der Waals surface area contributed by atoms with E-state index in [4.69, 9.17) is 0 Å². The highest BCUT2D eigenvalue weighted by molar-refractivity contribution is 7.86. The average Bonchev–Trinajstić information content (AvgIpc) is 3.01. The predicted octanol–water partition coefficient (Wildman–Crippen LogP) is 0.821. The van der Waals surface area contributed by atoms with Crippen molar-refractivity contribution in [1.82, 2.24) is 13.9 Å². The molecule has 3 fully saturated rings. The van der Waals surface area contributed by atoms with Gasteiger partial charge in [0.1, 0.15) is 0 Å². The lowest BCUT2D eigenvalue weighted by Crippen LogP contribution is -2.53. The first-order valence-electron chi connectivity index (χ1n) is 7.05. The number of nitrogens with zero attached hydrogens (tertiary/aromatic N) is 2. The quantitative estimate of drug-likeness (QED) is 0.840. The third-order valence-corrected chi connectivity index (χ3v) is 6.80. The van der Waals surface area contributed by atoms with E-state index in [1.807, 2.05) is 7.05 Å². The summed E-state index contributed by atoms with van der Waals surface area (Å²) < 4.78 is 28.8. The third-order valence-electron chi connectivity index (χ3n) is 4.77. The highest BCUT2D eigenvalue weighted by Gasteiger charge is 2.46. The van der Waals surface area contributed by atoms with Crippen molar-refractivity contribution < 1.29 is 8.42 Å². The second kappa shape index (κ2) is 5.85. The molecule has 112 valence electrons. The summed E-state index contributed by atoms with van der Waals surface area (Å²) in [6.45, 7) is 2.08. The molecule has 19 heavy (non-hydrogen) atoms. The number of hydrogen-bond acceptors (Lipinski definition) is 3. The van der Waals surface area contributed by atoms with E-state index in [1.165, 1.54) is 6.42 Å². The van der Waals surface area contributed by atoms with Gasteiger partial charge < -0.3 is 5.32 Å². The van der Waals surface area contributed by atoms with E-state index in [1.54, 1.807) is 8.61 Å². The Kier molecular flexibility index (Phi) is 4.78. The molecule has 0 aromatic rings. The van der Waals surface area contributed by atoms with Crippen molar-refractivity contribution in [3.8, 4) is 0 Å². The maximum Gasteiger partial charge on any atom is 0.282 e. The van der Waals surface area contributed by atoms with Gasteiger partial charge in [0, 0.05) is 31.7 Å². The molecule has 2 saturated heterocycles. The summed E-state index contributed by atoms with van der Waals surface area (Å²) in [7, 11) is -1.29. The molecule has 5 nitrogen and oxygen atoms in total. The Morgan fingerprint density at radius 3 is 2.53 bits per heavy atom. The molecule has 1 N–H and O–H groups in total. The van der Waals surface area contributed by atoms with Gasteiger partial charge in [0.05, 0.1) is 0 Å². The topological polar surface area (TPSA) is 52.7 Å². The van der Waals surface area contributed by atoms with Crippen LogP contribution >= 0.6 is 12.4 Å². The van der Waals surface area contributed by atoms with E-state index in [2.05, 4.69) is 5.32 Å². The minimum atomic E-state index is -3.21. The number of halogens is 1. The van der Waals surface area contributed by atoms with Crippen LogP contribution in [0.15, 0.2) is 0 Å². The first kappa shape index (κ1) is 15.5. The van der Waals surface area contributed by atoms with Crippen LogP contribution in [0.2, 0.25) is 0 Å². The number of nitrogens with one attached hydrogen (secondary N) is 1. The Balaban J connectivity index is 0.00000133. The maximum atomic E-state index is 12.7. The number of likely N-dealkylation sites (N-methyl/N-ethyl adjacent to an activating group) is 1. The second-order valence-corrected chi connectivity index (χ2v) is 7.78. The summed E-state index contributed by atoms with van der Waals surface area (Å²) in [6.07, 6.45) is 5.41. The fourth-order valence-corrected chi connectivity index (χ4v) is 5.69. The molecule has 0 aromatic heterocycles. The van der Waals surface area contributed by atoms with Crippen LogP contribution in [0, 0.1) is 5.92 Å². The lowest BCUT2D eigenvalue weighted by molar-refractivity contribution is 0.251. The van der Waals surface area contributed by atoms with Crippen LogP contribution in [0.4, 0.5) is 0 Å². The lowest BCUT2D eigenvalue weighted by atomic mass is 10.1.